The lowest BCUT2D eigenvalue weighted by atomic mass is 10.1. The summed E-state index contributed by atoms with van der Waals surface area (Å²) >= 11 is 1.02. The van der Waals surface area contributed by atoms with Gasteiger partial charge in [0.25, 0.3) is 5.91 Å². The average Bonchev–Trinajstić information content (AvgIpc) is 3.18. The van der Waals surface area contributed by atoms with E-state index in [-0.39, 0.29) is 22.2 Å². The lowest BCUT2D eigenvalue weighted by molar-refractivity contribution is 0.0532. The molecule has 0 aliphatic rings. The Hall–Kier alpha value is -3.04. The maximum absolute atomic E-state index is 12.7. The number of ether oxygens (including phenoxy) is 1. The van der Waals surface area contributed by atoms with E-state index in [9.17, 15) is 18.0 Å². The van der Waals surface area contributed by atoms with Crippen LogP contribution >= 0.6 is 11.3 Å². The number of hydrogen-bond acceptors (Lipinski definition) is 7. The topological polar surface area (TPSA) is 102 Å². The predicted octanol–water partition coefficient (Wildman–Crippen LogP) is 4.42. The number of carbonyl (C=O) groups is 2. The molecule has 7 nitrogen and oxygen atoms in total. The van der Waals surface area contributed by atoms with Crippen LogP contribution in [-0.2, 0) is 14.6 Å². The number of sulfone groups is 1. The van der Waals surface area contributed by atoms with Gasteiger partial charge >= 0.3 is 5.97 Å². The van der Waals surface area contributed by atoms with Crippen LogP contribution in [0.25, 0.3) is 11.3 Å². The second kappa shape index (κ2) is 9.40. The second-order valence-electron chi connectivity index (χ2n) is 6.86. The van der Waals surface area contributed by atoms with Gasteiger partial charge in [-0.25, -0.2) is 18.2 Å². The highest BCUT2D eigenvalue weighted by Gasteiger charge is 2.23. The van der Waals surface area contributed by atoms with E-state index in [2.05, 4.69) is 10.3 Å². The largest absolute Gasteiger partial charge is 0.462 e. The van der Waals surface area contributed by atoms with Crippen molar-refractivity contribution in [3.63, 3.8) is 0 Å². The van der Waals surface area contributed by atoms with E-state index in [1.807, 2.05) is 30.3 Å². The summed E-state index contributed by atoms with van der Waals surface area (Å²) in [6, 6.07) is 14.9. The summed E-state index contributed by atoms with van der Waals surface area (Å²) in [5.74, 6) is -0.972. The molecule has 1 heterocycles. The van der Waals surface area contributed by atoms with E-state index < -0.39 is 27.0 Å². The number of amides is 1. The maximum Gasteiger partial charge on any atom is 0.350 e. The number of anilines is 1. The van der Waals surface area contributed by atoms with Gasteiger partial charge in [0.2, 0.25) is 0 Å². The molecule has 0 atom stereocenters. The van der Waals surface area contributed by atoms with Crippen molar-refractivity contribution in [2.45, 2.75) is 30.9 Å². The van der Waals surface area contributed by atoms with Gasteiger partial charge in [-0.2, -0.15) is 0 Å². The summed E-state index contributed by atoms with van der Waals surface area (Å²) in [6.07, 6.45) is 0. The van der Waals surface area contributed by atoms with Crippen molar-refractivity contribution in [3.05, 3.63) is 65.0 Å². The van der Waals surface area contributed by atoms with Crippen molar-refractivity contribution in [3.8, 4) is 11.3 Å². The summed E-state index contributed by atoms with van der Waals surface area (Å²) in [5.41, 5.74) is 1.43. The van der Waals surface area contributed by atoms with Gasteiger partial charge in [-0.05, 0) is 45.0 Å². The van der Waals surface area contributed by atoms with Gasteiger partial charge in [0.1, 0.15) is 4.88 Å². The van der Waals surface area contributed by atoms with Crippen molar-refractivity contribution in [2.24, 2.45) is 0 Å². The zero-order valence-electron chi connectivity index (χ0n) is 17.3. The summed E-state index contributed by atoms with van der Waals surface area (Å²) in [5, 5.41) is 2.36. The number of esters is 1. The molecule has 0 unspecified atom stereocenters. The Balaban J connectivity index is 1.87. The minimum atomic E-state index is -3.42. The zero-order chi connectivity index (χ0) is 22.6. The van der Waals surface area contributed by atoms with Crippen LogP contribution < -0.4 is 5.32 Å². The Kier molecular flexibility index (Phi) is 6.87. The van der Waals surface area contributed by atoms with Crippen LogP contribution in [0.1, 0.15) is 40.8 Å². The molecule has 3 aromatic rings. The van der Waals surface area contributed by atoms with Crippen LogP contribution in [0.4, 0.5) is 5.13 Å². The number of rotatable bonds is 7. The van der Waals surface area contributed by atoms with Crippen LogP contribution in [0.2, 0.25) is 0 Å². The quantitative estimate of drug-likeness (QED) is 0.526. The predicted molar refractivity (Wildman–Crippen MR) is 120 cm³/mol. The summed E-state index contributed by atoms with van der Waals surface area (Å²) < 4.78 is 29.6. The lowest BCUT2D eigenvalue weighted by Crippen LogP contribution is -2.15. The number of nitrogens with zero attached hydrogens (tertiary/aromatic N) is 1. The standard InChI is InChI=1S/C22H22N2O5S2/c1-4-29-21(26)19-18(15-8-6-5-7-9-15)23-22(30-19)24-20(25)16-10-12-17(13-11-16)31(27,28)14(2)3/h5-14H,4H2,1-3H3,(H,23,24,25). The Bertz CT molecular complexity index is 1180. The number of thiazole rings is 1. The fourth-order valence-electron chi connectivity index (χ4n) is 2.74. The van der Waals surface area contributed by atoms with Gasteiger partial charge in [0.15, 0.2) is 15.0 Å². The van der Waals surface area contributed by atoms with Crippen molar-refractivity contribution in [1.29, 1.82) is 0 Å². The number of nitrogens with one attached hydrogen (secondary N) is 1. The smallest absolute Gasteiger partial charge is 0.350 e. The third-order valence-electron chi connectivity index (χ3n) is 4.42. The molecular weight excluding hydrogens is 436 g/mol. The molecule has 2 aromatic carbocycles. The van der Waals surface area contributed by atoms with E-state index in [0.717, 1.165) is 16.9 Å². The molecule has 0 bridgehead atoms. The Morgan fingerprint density at radius 3 is 2.29 bits per heavy atom. The molecular formula is C22H22N2O5S2. The Morgan fingerprint density at radius 1 is 1.06 bits per heavy atom. The van der Waals surface area contributed by atoms with Gasteiger partial charge in [-0.1, -0.05) is 41.7 Å². The normalized spacial score (nSPS) is 11.4. The minimum absolute atomic E-state index is 0.157. The highest BCUT2D eigenvalue weighted by Crippen LogP contribution is 2.32. The molecule has 1 N–H and O–H groups in total. The molecule has 0 saturated heterocycles. The van der Waals surface area contributed by atoms with Gasteiger partial charge in [0.05, 0.1) is 22.4 Å². The average molecular weight is 459 g/mol. The van der Waals surface area contributed by atoms with Crippen molar-refractivity contribution in [1.82, 2.24) is 4.98 Å². The molecule has 0 saturated carbocycles. The van der Waals surface area contributed by atoms with Crippen molar-refractivity contribution in [2.75, 3.05) is 11.9 Å². The third-order valence-corrected chi connectivity index (χ3v) is 7.54. The summed E-state index contributed by atoms with van der Waals surface area (Å²) in [6.45, 7) is 5.14. The second-order valence-corrected chi connectivity index (χ2v) is 10.4. The third kappa shape index (κ3) is 5.00. The number of hydrogen-bond donors (Lipinski definition) is 1. The highest BCUT2D eigenvalue weighted by molar-refractivity contribution is 7.92. The molecule has 0 radical (unpaired) electrons. The van der Waals surface area contributed by atoms with Gasteiger partial charge in [-0.15, -0.1) is 0 Å². The molecule has 3 rings (SSSR count). The lowest BCUT2D eigenvalue weighted by Gasteiger charge is -2.08. The minimum Gasteiger partial charge on any atom is -0.462 e. The Morgan fingerprint density at radius 2 is 1.71 bits per heavy atom. The van der Waals surface area contributed by atoms with Crippen LogP contribution in [-0.4, -0.2) is 37.1 Å². The van der Waals surface area contributed by atoms with Crippen molar-refractivity contribution < 1.29 is 22.7 Å². The monoisotopic (exact) mass is 458 g/mol. The summed E-state index contributed by atoms with van der Waals surface area (Å²) in [7, 11) is -3.42. The van der Waals surface area contributed by atoms with E-state index in [1.165, 1.54) is 24.3 Å². The zero-order valence-corrected chi connectivity index (χ0v) is 18.9. The molecule has 9 heteroatoms. The maximum atomic E-state index is 12.7. The first-order valence-electron chi connectivity index (χ1n) is 9.62. The highest BCUT2D eigenvalue weighted by atomic mass is 32.2. The van der Waals surface area contributed by atoms with E-state index >= 15 is 0 Å². The van der Waals surface area contributed by atoms with Crippen LogP contribution in [0.5, 0.6) is 0 Å². The fraction of sp³-hybridized carbons (Fsp3) is 0.227. The van der Waals surface area contributed by atoms with Gasteiger partial charge < -0.3 is 4.74 Å². The molecule has 31 heavy (non-hydrogen) atoms. The summed E-state index contributed by atoms with van der Waals surface area (Å²) in [4.78, 5) is 29.9. The first-order valence-corrected chi connectivity index (χ1v) is 12.0. The van der Waals surface area contributed by atoms with E-state index in [4.69, 9.17) is 4.74 Å². The van der Waals surface area contributed by atoms with E-state index in [0.29, 0.717) is 10.6 Å². The molecule has 0 aliphatic heterocycles. The molecule has 162 valence electrons. The molecule has 1 aromatic heterocycles. The molecule has 0 fully saturated rings. The fourth-order valence-corrected chi connectivity index (χ4v) is 4.67. The number of aromatic nitrogens is 1. The van der Waals surface area contributed by atoms with E-state index in [1.54, 1.807) is 20.8 Å². The molecule has 0 spiro atoms. The SMILES string of the molecule is CCOC(=O)c1sc(NC(=O)c2ccc(S(=O)(=O)C(C)C)cc2)nc1-c1ccccc1. The van der Waals surface area contributed by atoms with Crippen LogP contribution in [0, 0.1) is 0 Å². The first kappa shape index (κ1) is 22.6. The molecule has 1 amide bonds. The number of benzene rings is 2. The van der Waals surface area contributed by atoms with Crippen molar-refractivity contribution >= 4 is 38.2 Å². The first-order chi connectivity index (χ1) is 14.7. The van der Waals surface area contributed by atoms with Gasteiger partial charge in [-0.3, -0.25) is 10.1 Å². The van der Waals surface area contributed by atoms with Crippen LogP contribution in [0.3, 0.4) is 0 Å². The van der Waals surface area contributed by atoms with Crippen LogP contribution in [0.15, 0.2) is 59.5 Å². The Labute approximate surface area is 185 Å². The molecule has 0 aliphatic carbocycles. The van der Waals surface area contributed by atoms with Gasteiger partial charge in [0, 0.05) is 11.1 Å². The number of carbonyl (C=O) groups excluding carboxylic acids is 2.